The van der Waals surface area contributed by atoms with E-state index in [0.717, 1.165) is 22.2 Å². The van der Waals surface area contributed by atoms with Crippen LogP contribution in [0.15, 0.2) is 30.5 Å². The van der Waals surface area contributed by atoms with Crippen molar-refractivity contribution < 1.29 is 4.74 Å². The van der Waals surface area contributed by atoms with Gasteiger partial charge < -0.3 is 4.74 Å². The van der Waals surface area contributed by atoms with Gasteiger partial charge in [0.25, 0.3) is 0 Å². The Morgan fingerprint density at radius 1 is 1.25 bits per heavy atom. The lowest BCUT2D eigenvalue weighted by molar-refractivity contribution is 0.337. The number of pyridine rings is 1. The highest BCUT2D eigenvalue weighted by Crippen LogP contribution is 2.32. The van der Waals surface area contributed by atoms with Gasteiger partial charge >= 0.3 is 0 Å². The first-order valence-corrected chi connectivity index (χ1v) is 5.74. The third kappa shape index (κ3) is 1.87. The summed E-state index contributed by atoms with van der Waals surface area (Å²) in [5.41, 5.74) is 1.04. The second kappa shape index (κ2) is 4.52. The van der Waals surface area contributed by atoms with Crippen LogP contribution in [0.1, 0.15) is 32.4 Å². The summed E-state index contributed by atoms with van der Waals surface area (Å²) in [6.45, 7) is 6.96. The first-order chi connectivity index (χ1) is 7.74. The molecule has 84 valence electrons. The van der Waals surface area contributed by atoms with Gasteiger partial charge in [0.05, 0.1) is 12.3 Å². The van der Waals surface area contributed by atoms with Crippen LogP contribution in [0, 0.1) is 0 Å². The third-order valence-corrected chi connectivity index (χ3v) is 2.62. The van der Waals surface area contributed by atoms with Crippen LogP contribution in [0.25, 0.3) is 10.8 Å². The lowest BCUT2D eigenvalue weighted by atomic mass is 10.0. The van der Waals surface area contributed by atoms with Crippen LogP contribution >= 0.6 is 0 Å². The number of nitrogens with zero attached hydrogens (tertiary/aromatic N) is 1. The smallest absolute Gasteiger partial charge is 0.148 e. The van der Waals surface area contributed by atoms with E-state index in [4.69, 9.17) is 4.74 Å². The summed E-state index contributed by atoms with van der Waals surface area (Å²) in [5, 5.41) is 2.29. The lowest BCUT2D eigenvalue weighted by Crippen LogP contribution is -2.01. The molecule has 0 spiro atoms. The van der Waals surface area contributed by atoms with Gasteiger partial charge in [-0.05, 0) is 12.8 Å². The number of aromatic nitrogens is 1. The molecule has 1 heterocycles. The number of rotatable bonds is 3. The van der Waals surface area contributed by atoms with Crippen molar-refractivity contribution in [2.24, 2.45) is 0 Å². The summed E-state index contributed by atoms with van der Waals surface area (Å²) in [7, 11) is 0. The fourth-order valence-corrected chi connectivity index (χ4v) is 1.86. The zero-order valence-corrected chi connectivity index (χ0v) is 10.0. The molecule has 0 bridgehead atoms. The highest BCUT2D eigenvalue weighted by Gasteiger charge is 2.12. The first-order valence-electron chi connectivity index (χ1n) is 5.74. The van der Waals surface area contributed by atoms with Crippen LogP contribution in [0.5, 0.6) is 5.75 Å². The highest BCUT2D eigenvalue weighted by atomic mass is 16.5. The Bertz CT molecular complexity index is 491. The molecule has 0 aliphatic carbocycles. The van der Waals surface area contributed by atoms with Crippen LogP contribution in [0.3, 0.4) is 0 Å². The quantitative estimate of drug-likeness (QED) is 0.777. The fraction of sp³-hybridized carbons (Fsp3) is 0.357. The van der Waals surface area contributed by atoms with Crippen LogP contribution in [-0.4, -0.2) is 11.6 Å². The molecule has 0 amide bonds. The van der Waals surface area contributed by atoms with Crippen molar-refractivity contribution in [3.63, 3.8) is 0 Å². The number of benzene rings is 1. The number of ether oxygens (including phenoxy) is 1. The fourth-order valence-electron chi connectivity index (χ4n) is 1.86. The van der Waals surface area contributed by atoms with E-state index >= 15 is 0 Å². The topological polar surface area (TPSA) is 22.1 Å². The number of fused-ring (bicyclic) bond motifs is 1. The summed E-state index contributed by atoms with van der Waals surface area (Å²) in [6, 6.07) is 8.21. The van der Waals surface area contributed by atoms with Crippen molar-refractivity contribution in [1.82, 2.24) is 4.98 Å². The molecule has 0 unspecified atom stereocenters. The summed E-state index contributed by atoms with van der Waals surface area (Å²) in [4.78, 5) is 4.50. The second-order valence-electron chi connectivity index (χ2n) is 4.15. The monoisotopic (exact) mass is 215 g/mol. The van der Waals surface area contributed by atoms with Gasteiger partial charge in [0.1, 0.15) is 5.75 Å². The standard InChI is InChI=1S/C14H17NO/c1-4-16-14-12-8-6-5-7-11(12)9-15-13(14)10(2)3/h5-10H,4H2,1-3H3. The molecule has 2 heteroatoms. The zero-order chi connectivity index (χ0) is 11.5. The van der Waals surface area contributed by atoms with E-state index in [0.29, 0.717) is 12.5 Å². The Hall–Kier alpha value is -1.57. The second-order valence-corrected chi connectivity index (χ2v) is 4.15. The van der Waals surface area contributed by atoms with E-state index in [-0.39, 0.29) is 0 Å². The van der Waals surface area contributed by atoms with Gasteiger partial charge in [0, 0.05) is 17.0 Å². The Kier molecular flexibility index (Phi) is 3.09. The molecule has 0 fully saturated rings. The Balaban J connectivity index is 2.68. The molecule has 0 saturated carbocycles. The average molecular weight is 215 g/mol. The van der Waals surface area contributed by atoms with Crippen molar-refractivity contribution in [2.75, 3.05) is 6.61 Å². The van der Waals surface area contributed by atoms with Gasteiger partial charge in [-0.25, -0.2) is 0 Å². The molecule has 2 rings (SSSR count). The molecule has 0 saturated heterocycles. The normalized spacial score (nSPS) is 11.0. The molecule has 0 atom stereocenters. The van der Waals surface area contributed by atoms with E-state index < -0.39 is 0 Å². The van der Waals surface area contributed by atoms with Crippen molar-refractivity contribution >= 4 is 10.8 Å². The van der Waals surface area contributed by atoms with E-state index in [9.17, 15) is 0 Å². The number of hydrogen-bond donors (Lipinski definition) is 0. The minimum Gasteiger partial charge on any atom is -0.491 e. The van der Waals surface area contributed by atoms with Gasteiger partial charge in [-0.15, -0.1) is 0 Å². The first kappa shape index (κ1) is 10.9. The highest BCUT2D eigenvalue weighted by molar-refractivity contribution is 5.88. The van der Waals surface area contributed by atoms with Crippen LogP contribution < -0.4 is 4.74 Å². The van der Waals surface area contributed by atoms with Crippen molar-refractivity contribution in [3.05, 3.63) is 36.2 Å². The van der Waals surface area contributed by atoms with Crippen LogP contribution in [-0.2, 0) is 0 Å². The lowest BCUT2D eigenvalue weighted by Gasteiger charge is -2.14. The van der Waals surface area contributed by atoms with E-state index in [2.05, 4.69) is 31.0 Å². The predicted octanol–water partition coefficient (Wildman–Crippen LogP) is 3.76. The van der Waals surface area contributed by atoms with Gasteiger partial charge in [-0.3, -0.25) is 4.98 Å². The Labute approximate surface area is 96.3 Å². The van der Waals surface area contributed by atoms with E-state index in [1.165, 1.54) is 0 Å². The van der Waals surface area contributed by atoms with Crippen LogP contribution in [0.2, 0.25) is 0 Å². The molecule has 2 nitrogen and oxygen atoms in total. The SMILES string of the molecule is CCOc1c(C(C)C)ncc2ccccc12. The summed E-state index contributed by atoms with van der Waals surface area (Å²) in [6.07, 6.45) is 1.92. The van der Waals surface area contributed by atoms with Gasteiger partial charge in [0.15, 0.2) is 0 Å². The molecule has 0 N–H and O–H groups in total. The summed E-state index contributed by atoms with van der Waals surface area (Å²) in [5.74, 6) is 1.32. The van der Waals surface area contributed by atoms with Crippen LogP contribution in [0.4, 0.5) is 0 Å². The number of hydrogen-bond acceptors (Lipinski definition) is 2. The maximum Gasteiger partial charge on any atom is 0.148 e. The predicted molar refractivity (Wildman–Crippen MR) is 67.0 cm³/mol. The molecule has 16 heavy (non-hydrogen) atoms. The molecular weight excluding hydrogens is 198 g/mol. The van der Waals surface area contributed by atoms with Gasteiger partial charge in [0.2, 0.25) is 0 Å². The van der Waals surface area contributed by atoms with Crippen molar-refractivity contribution in [1.29, 1.82) is 0 Å². The molecule has 0 radical (unpaired) electrons. The van der Waals surface area contributed by atoms with Crippen molar-refractivity contribution in [2.45, 2.75) is 26.7 Å². The molecule has 1 aromatic carbocycles. The Morgan fingerprint density at radius 2 is 2.00 bits per heavy atom. The average Bonchev–Trinajstić information content (AvgIpc) is 2.29. The molecular formula is C14H17NO. The zero-order valence-electron chi connectivity index (χ0n) is 10.0. The third-order valence-electron chi connectivity index (χ3n) is 2.62. The maximum absolute atomic E-state index is 5.75. The summed E-state index contributed by atoms with van der Waals surface area (Å²) >= 11 is 0. The molecule has 2 aromatic rings. The molecule has 0 aliphatic rings. The maximum atomic E-state index is 5.75. The minimum atomic E-state index is 0.381. The van der Waals surface area contributed by atoms with Gasteiger partial charge in [-0.1, -0.05) is 38.1 Å². The van der Waals surface area contributed by atoms with E-state index in [1.54, 1.807) is 0 Å². The largest absolute Gasteiger partial charge is 0.491 e. The molecule has 0 aliphatic heterocycles. The summed E-state index contributed by atoms with van der Waals surface area (Å²) < 4.78 is 5.75. The minimum absolute atomic E-state index is 0.381. The van der Waals surface area contributed by atoms with Gasteiger partial charge in [-0.2, -0.15) is 0 Å². The van der Waals surface area contributed by atoms with E-state index in [1.807, 2.05) is 25.3 Å². The van der Waals surface area contributed by atoms with Crippen molar-refractivity contribution in [3.8, 4) is 5.75 Å². The molecule has 1 aromatic heterocycles. The Morgan fingerprint density at radius 3 is 2.69 bits per heavy atom.